The van der Waals surface area contributed by atoms with Crippen molar-refractivity contribution in [2.75, 3.05) is 45.7 Å². The van der Waals surface area contributed by atoms with Gasteiger partial charge in [0.05, 0.1) is 22.8 Å². The van der Waals surface area contributed by atoms with E-state index in [1.165, 1.54) is 28.9 Å². The van der Waals surface area contributed by atoms with Crippen molar-refractivity contribution in [3.63, 3.8) is 0 Å². The molecule has 11 heteroatoms. The van der Waals surface area contributed by atoms with Crippen molar-refractivity contribution in [1.82, 2.24) is 13.8 Å². The zero-order chi connectivity index (χ0) is 31.0. The Balaban J connectivity index is 0.00000284. The van der Waals surface area contributed by atoms with Gasteiger partial charge in [0.2, 0.25) is 10.0 Å². The van der Waals surface area contributed by atoms with E-state index in [1.807, 2.05) is 39.8 Å². The maximum absolute atomic E-state index is 13.4. The number of nitrogens with two attached hydrogens (primary N) is 1. The number of sulfonamides is 1. The number of nitrogens with one attached hydrogen (secondary N) is 1. The molecular formula is C29H51N5O5S. The highest BCUT2D eigenvalue weighted by Crippen LogP contribution is 2.29. The summed E-state index contributed by atoms with van der Waals surface area (Å²) in [5, 5.41) is 2.79. The molecule has 0 spiro atoms. The van der Waals surface area contributed by atoms with Gasteiger partial charge in [0.1, 0.15) is 11.4 Å². The van der Waals surface area contributed by atoms with E-state index < -0.39 is 21.8 Å². The van der Waals surface area contributed by atoms with Crippen LogP contribution in [0.15, 0.2) is 29.3 Å². The van der Waals surface area contributed by atoms with Crippen molar-refractivity contribution in [3.05, 3.63) is 41.2 Å². The Morgan fingerprint density at radius 1 is 1.05 bits per heavy atom. The summed E-state index contributed by atoms with van der Waals surface area (Å²) >= 11 is 0. The number of likely N-dealkylation sites (N-methyl/N-ethyl adjacent to an activating group) is 2. The number of aromatic nitrogens is 1. The number of carbonyl (C=O) groups is 2. The molecule has 1 aromatic heterocycles. The van der Waals surface area contributed by atoms with Gasteiger partial charge in [-0.2, -0.15) is 4.31 Å². The van der Waals surface area contributed by atoms with Crippen LogP contribution in [-0.4, -0.2) is 74.3 Å². The largest absolute Gasteiger partial charge is 0.493 e. The molecule has 228 valence electrons. The highest BCUT2D eigenvalue weighted by atomic mass is 32.2. The fraction of sp³-hybridized carbons (Fsp3) is 0.586. The molecule has 0 unspecified atom stereocenters. The Bertz CT molecular complexity index is 1180. The van der Waals surface area contributed by atoms with E-state index in [2.05, 4.69) is 19.2 Å². The number of hydrogen-bond acceptors (Lipinski definition) is 6. The smallest absolute Gasteiger partial charge is 0.267 e. The Kier molecular flexibility index (Phi) is 17.1. The number of benzene rings is 1. The molecule has 0 bridgehead atoms. The van der Waals surface area contributed by atoms with Crippen LogP contribution in [0.3, 0.4) is 0 Å². The molecule has 0 aliphatic rings. The van der Waals surface area contributed by atoms with E-state index in [4.69, 9.17) is 10.5 Å². The molecular weight excluding hydrogens is 530 g/mol. The minimum Gasteiger partial charge on any atom is -0.493 e. The number of rotatable bonds is 13. The summed E-state index contributed by atoms with van der Waals surface area (Å²) in [6.07, 6.45) is 4.43. The Hall–Kier alpha value is -2.89. The average molecular weight is 582 g/mol. The van der Waals surface area contributed by atoms with Gasteiger partial charge in [-0.15, -0.1) is 0 Å². The van der Waals surface area contributed by atoms with Crippen LogP contribution < -0.4 is 15.8 Å². The van der Waals surface area contributed by atoms with Crippen molar-refractivity contribution >= 4 is 27.5 Å². The monoisotopic (exact) mass is 581 g/mol. The van der Waals surface area contributed by atoms with Crippen molar-refractivity contribution in [1.29, 1.82) is 0 Å². The third-order valence-corrected chi connectivity index (χ3v) is 7.50. The molecule has 2 aromatic rings. The highest BCUT2D eigenvalue weighted by molar-refractivity contribution is 7.89. The van der Waals surface area contributed by atoms with Crippen LogP contribution in [0.4, 0.5) is 5.69 Å². The Morgan fingerprint density at radius 3 is 2.12 bits per heavy atom. The first-order valence-corrected chi connectivity index (χ1v) is 15.5. The molecule has 0 radical (unpaired) electrons. The third kappa shape index (κ3) is 10.3. The maximum Gasteiger partial charge on any atom is 0.267 e. The number of primary amides is 1. The number of ether oxygens (including phenoxy) is 1. The summed E-state index contributed by atoms with van der Waals surface area (Å²) < 4.78 is 35.2. The lowest BCUT2D eigenvalue weighted by Gasteiger charge is -2.23. The van der Waals surface area contributed by atoms with Crippen molar-refractivity contribution in [3.8, 4) is 5.75 Å². The van der Waals surface area contributed by atoms with E-state index >= 15 is 0 Å². The van der Waals surface area contributed by atoms with Crippen LogP contribution in [0.1, 0.15) is 87.7 Å². The lowest BCUT2D eigenvalue weighted by atomic mass is 10.1. The first-order valence-electron chi connectivity index (χ1n) is 14.1. The number of hydrogen-bond donors (Lipinski definition) is 2. The van der Waals surface area contributed by atoms with Crippen LogP contribution in [-0.2, 0) is 23.5 Å². The van der Waals surface area contributed by atoms with Crippen LogP contribution in [0.2, 0.25) is 0 Å². The average Bonchev–Trinajstić information content (AvgIpc) is 3.20. The molecule has 0 aliphatic heterocycles. The predicted molar refractivity (Wildman–Crippen MR) is 164 cm³/mol. The Morgan fingerprint density at radius 2 is 1.65 bits per heavy atom. The fourth-order valence-electron chi connectivity index (χ4n) is 3.80. The van der Waals surface area contributed by atoms with Crippen LogP contribution in [0.5, 0.6) is 5.75 Å². The van der Waals surface area contributed by atoms with E-state index in [0.29, 0.717) is 25.2 Å². The molecule has 1 aromatic carbocycles. The molecule has 40 heavy (non-hydrogen) atoms. The van der Waals surface area contributed by atoms with Crippen LogP contribution in [0.25, 0.3) is 0 Å². The van der Waals surface area contributed by atoms with Gasteiger partial charge in [0.15, 0.2) is 0 Å². The molecule has 1 heterocycles. The molecule has 3 N–H and O–H groups in total. The van der Waals surface area contributed by atoms with Crippen molar-refractivity contribution < 1.29 is 22.7 Å². The van der Waals surface area contributed by atoms with Gasteiger partial charge >= 0.3 is 0 Å². The summed E-state index contributed by atoms with van der Waals surface area (Å²) in [5.74, 6) is -1.02. The summed E-state index contributed by atoms with van der Waals surface area (Å²) in [4.78, 5) is 27.4. The molecule has 0 saturated carbocycles. The second-order valence-electron chi connectivity index (χ2n) is 9.16. The molecule has 0 aliphatic carbocycles. The zero-order valence-electron chi connectivity index (χ0n) is 26.1. The van der Waals surface area contributed by atoms with E-state index in [1.54, 1.807) is 31.7 Å². The van der Waals surface area contributed by atoms with Gasteiger partial charge in [0.25, 0.3) is 11.8 Å². The van der Waals surface area contributed by atoms with Gasteiger partial charge in [-0.25, -0.2) is 8.42 Å². The number of anilines is 1. The number of nitrogens with zero attached hydrogens (tertiary/aromatic N) is 3. The van der Waals surface area contributed by atoms with Crippen molar-refractivity contribution in [2.45, 2.75) is 72.6 Å². The number of aryl methyl sites for hydroxylation is 2. The third-order valence-electron chi connectivity index (χ3n) is 5.53. The molecule has 0 fully saturated rings. The summed E-state index contributed by atoms with van der Waals surface area (Å²) in [6.45, 7) is 15.2. The van der Waals surface area contributed by atoms with Gasteiger partial charge < -0.3 is 25.3 Å². The molecule has 0 saturated heterocycles. The highest BCUT2D eigenvalue weighted by Gasteiger charge is 2.27. The summed E-state index contributed by atoms with van der Waals surface area (Å²) in [5.41, 5.74) is 6.88. The first-order chi connectivity index (χ1) is 18.9. The second-order valence-corrected chi connectivity index (χ2v) is 11.1. The summed E-state index contributed by atoms with van der Waals surface area (Å²) in [7, 11) is 1.58. The number of carbonyl (C=O) groups excluding carboxylic acids is 2. The molecule has 10 nitrogen and oxygen atoms in total. The lowest BCUT2D eigenvalue weighted by molar-refractivity contribution is 0.0993. The zero-order valence-corrected chi connectivity index (χ0v) is 26.9. The predicted octanol–water partition coefficient (Wildman–Crippen LogP) is 4.74. The summed E-state index contributed by atoms with van der Waals surface area (Å²) in [6, 6.07) is 4.24. The van der Waals surface area contributed by atoms with Crippen LogP contribution >= 0.6 is 0 Å². The molecule has 2 rings (SSSR count). The van der Waals surface area contributed by atoms with Gasteiger partial charge in [-0.05, 0) is 51.2 Å². The van der Waals surface area contributed by atoms with E-state index in [0.717, 1.165) is 12.0 Å². The number of amides is 2. The molecule has 0 atom stereocenters. The van der Waals surface area contributed by atoms with Gasteiger partial charge in [0, 0.05) is 32.9 Å². The van der Waals surface area contributed by atoms with Crippen molar-refractivity contribution in [2.24, 2.45) is 12.8 Å². The maximum atomic E-state index is 13.4. The topological polar surface area (TPSA) is 127 Å². The van der Waals surface area contributed by atoms with Gasteiger partial charge in [-0.3, -0.25) is 9.59 Å². The van der Waals surface area contributed by atoms with E-state index in [9.17, 15) is 18.0 Å². The Labute approximate surface area is 241 Å². The fourth-order valence-corrected chi connectivity index (χ4v) is 5.27. The first kappa shape index (κ1) is 37.1. The second kappa shape index (κ2) is 18.5. The van der Waals surface area contributed by atoms with Crippen LogP contribution in [0, 0.1) is 0 Å². The normalized spacial score (nSPS) is 10.9. The van der Waals surface area contributed by atoms with Gasteiger partial charge in [-0.1, -0.05) is 54.4 Å². The SMILES string of the molecule is CC.CCC.CCCc1cn(C)c(C(N)=O)c1NC(=O)c1cc(S(=O)(=O)N(CC)CCN(C)C)ccc1OCC. The van der Waals surface area contributed by atoms with E-state index in [-0.39, 0.29) is 35.1 Å². The molecule has 2 amide bonds. The standard InChI is InChI=1S/C24H37N5O5S.C3H8.C2H6/c1-7-10-17-16-28(6)22(23(25)30)21(17)26-24(31)19-15-18(11-12-20(19)34-9-3)35(32,33)29(8-2)14-13-27(4)5;1-3-2;1-2/h11-12,15-16H,7-10,13-14H2,1-6H3,(H2,25,30)(H,26,31);3H2,1-2H3;1-2H3. The minimum atomic E-state index is -3.85. The lowest BCUT2D eigenvalue weighted by Crippen LogP contribution is -2.36. The minimum absolute atomic E-state index is 0.0105. The quantitative estimate of drug-likeness (QED) is 0.352.